The maximum Gasteiger partial charge on any atom is 0.139 e. The van der Waals surface area contributed by atoms with Crippen molar-refractivity contribution in [3.8, 4) is 0 Å². The van der Waals surface area contributed by atoms with E-state index in [-0.39, 0.29) is 17.7 Å². The molecule has 2 aromatic rings. The standard InChI is InChI=1S/C15H12BrF2N/c16-12-6-4-9(8-14(12)18)19-15-7-5-10-11(15)2-1-3-13(10)17/h1-4,6,8,15,19H,5,7H2. The van der Waals surface area contributed by atoms with Gasteiger partial charge < -0.3 is 5.32 Å². The molecule has 0 amide bonds. The van der Waals surface area contributed by atoms with Gasteiger partial charge in [0.15, 0.2) is 0 Å². The molecule has 1 aliphatic carbocycles. The van der Waals surface area contributed by atoms with Gasteiger partial charge in [0, 0.05) is 5.69 Å². The second-order valence-electron chi connectivity index (χ2n) is 4.67. The summed E-state index contributed by atoms with van der Waals surface area (Å²) in [6.07, 6.45) is 1.55. The summed E-state index contributed by atoms with van der Waals surface area (Å²) in [7, 11) is 0. The van der Waals surface area contributed by atoms with Crippen molar-refractivity contribution >= 4 is 21.6 Å². The average Bonchev–Trinajstić information content (AvgIpc) is 2.79. The molecule has 0 saturated heterocycles. The van der Waals surface area contributed by atoms with Crippen LogP contribution in [0.15, 0.2) is 40.9 Å². The van der Waals surface area contributed by atoms with Crippen molar-refractivity contribution in [2.24, 2.45) is 0 Å². The molecule has 98 valence electrons. The molecule has 1 aliphatic rings. The summed E-state index contributed by atoms with van der Waals surface area (Å²) >= 11 is 3.13. The molecule has 0 aromatic heterocycles. The number of halogens is 3. The Morgan fingerprint density at radius 2 is 1.95 bits per heavy atom. The number of hydrogen-bond donors (Lipinski definition) is 1. The highest BCUT2D eigenvalue weighted by Gasteiger charge is 2.24. The molecule has 0 saturated carbocycles. The van der Waals surface area contributed by atoms with Gasteiger partial charge in [-0.25, -0.2) is 8.78 Å². The van der Waals surface area contributed by atoms with E-state index in [0.29, 0.717) is 10.2 Å². The van der Waals surface area contributed by atoms with Crippen LogP contribution >= 0.6 is 15.9 Å². The van der Waals surface area contributed by atoms with Gasteiger partial charge >= 0.3 is 0 Å². The number of rotatable bonds is 2. The van der Waals surface area contributed by atoms with Crippen LogP contribution in [-0.4, -0.2) is 0 Å². The SMILES string of the molecule is Fc1cc(NC2CCc3c(F)cccc32)ccc1Br. The van der Waals surface area contributed by atoms with Gasteiger partial charge in [-0.05, 0) is 64.2 Å². The molecule has 0 spiro atoms. The van der Waals surface area contributed by atoms with E-state index in [2.05, 4.69) is 21.2 Å². The molecule has 0 aliphatic heterocycles. The van der Waals surface area contributed by atoms with Gasteiger partial charge in [0.1, 0.15) is 11.6 Å². The van der Waals surface area contributed by atoms with E-state index in [1.165, 1.54) is 12.1 Å². The highest BCUT2D eigenvalue weighted by atomic mass is 79.9. The molecule has 0 fully saturated rings. The highest BCUT2D eigenvalue weighted by molar-refractivity contribution is 9.10. The van der Waals surface area contributed by atoms with E-state index in [4.69, 9.17) is 0 Å². The van der Waals surface area contributed by atoms with Crippen molar-refractivity contribution in [1.29, 1.82) is 0 Å². The van der Waals surface area contributed by atoms with Crippen molar-refractivity contribution in [2.75, 3.05) is 5.32 Å². The summed E-state index contributed by atoms with van der Waals surface area (Å²) in [5.41, 5.74) is 2.46. The fourth-order valence-electron chi connectivity index (χ4n) is 2.55. The van der Waals surface area contributed by atoms with Gasteiger partial charge in [-0.2, -0.15) is 0 Å². The molecule has 0 heterocycles. The predicted octanol–water partition coefficient (Wildman–Crippen LogP) is 4.83. The second kappa shape index (κ2) is 4.93. The topological polar surface area (TPSA) is 12.0 Å². The molecule has 2 aromatic carbocycles. The lowest BCUT2D eigenvalue weighted by atomic mass is 10.1. The van der Waals surface area contributed by atoms with Crippen molar-refractivity contribution in [1.82, 2.24) is 0 Å². The maximum atomic E-state index is 13.6. The third-order valence-corrected chi connectivity index (χ3v) is 4.12. The summed E-state index contributed by atoms with van der Waals surface area (Å²) in [4.78, 5) is 0. The number of benzene rings is 2. The zero-order valence-corrected chi connectivity index (χ0v) is 11.7. The van der Waals surface area contributed by atoms with Crippen LogP contribution in [0.2, 0.25) is 0 Å². The van der Waals surface area contributed by atoms with Crippen molar-refractivity contribution in [3.63, 3.8) is 0 Å². The Morgan fingerprint density at radius 1 is 1.11 bits per heavy atom. The zero-order valence-electron chi connectivity index (χ0n) is 10.1. The molecule has 4 heteroatoms. The van der Waals surface area contributed by atoms with Crippen LogP contribution in [-0.2, 0) is 6.42 Å². The van der Waals surface area contributed by atoms with Crippen LogP contribution in [0.4, 0.5) is 14.5 Å². The van der Waals surface area contributed by atoms with Gasteiger partial charge in [0.25, 0.3) is 0 Å². The minimum Gasteiger partial charge on any atom is -0.378 e. The third kappa shape index (κ3) is 2.37. The lowest BCUT2D eigenvalue weighted by Crippen LogP contribution is -2.07. The van der Waals surface area contributed by atoms with Crippen LogP contribution in [0, 0.1) is 11.6 Å². The van der Waals surface area contributed by atoms with Crippen LogP contribution in [0.3, 0.4) is 0 Å². The lowest BCUT2D eigenvalue weighted by Gasteiger charge is -2.16. The smallest absolute Gasteiger partial charge is 0.139 e. The molecule has 1 atom stereocenters. The van der Waals surface area contributed by atoms with Gasteiger partial charge in [-0.15, -0.1) is 0 Å². The summed E-state index contributed by atoms with van der Waals surface area (Å²) in [6.45, 7) is 0. The van der Waals surface area contributed by atoms with Gasteiger partial charge in [0.2, 0.25) is 0 Å². The third-order valence-electron chi connectivity index (χ3n) is 3.47. The monoisotopic (exact) mass is 323 g/mol. The van der Waals surface area contributed by atoms with E-state index < -0.39 is 0 Å². The minimum atomic E-state index is -0.303. The average molecular weight is 324 g/mol. The lowest BCUT2D eigenvalue weighted by molar-refractivity contribution is 0.612. The number of hydrogen-bond acceptors (Lipinski definition) is 1. The first kappa shape index (κ1) is 12.6. The first-order valence-corrected chi connectivity index (χ1v) is 6.93. The fourth-order valence-corrected chi connectivity index (χ4v) is 2.79. The Balaban J connectivity index is 1.86. The molecule has 1 unspecified atom stereocenters. The van der Waals surface area contributed by atoms with Gasteiger partial charge in [-0.3, -0.25) is 0 Å². The van der Waals surface area contributed by atoms with Gasteiger partial charge in [0.05, 0.1) is 10.5 Å². The molecule has 1 nitrogen and oxygen atoms in total. The van der Waals surface area contributed by atoms with Gasteiger partial charge in [-0.1, -0.05) is 12.1 Å². The molecule has 19 heavy (non-hydrogen) atoms. The highest BCUT2D eigenvalue weighted by Crippen LogP contribution is 2.35. The quantitative estimate of drug-likeness (QED) is 0.834. The van der Waals surface area contributed by atoms with E-state index in [9.17, 15) is 8.78 Å². The first-order chi connectivity index (χ1) is 9.15. The van der Waals surface area contributed by atoms with E-state index in [0.717, 1.165) is 24.0 Å². The van der Waals surface area contributed by atoms with Crippen molar-refractivity contribution < 1.29 is 8.78 Å². The molecule has 3 rings (SSSR count). The largest absolute Gasteiger partial charge is 0.378 e. The molecule has 1 N–H and O–H groups in total. The predicted molar refractivity (Wildman–Crippen MR) is 75.2 cm³/mol. The Labute approximate surface area is 118 Å². The second-order valence-corrected chi connectivity index (χ2v) is 5.53. The van der Waals surface area contributed by atoms with Crippen molar-refractivity contribution in [2.45, 2.75) is 18.9 Å². The van der Waals surface area contributed by atoms with E-state index in [1.54, 1.807) is 12.1 Å². The Hall–Kier alpha value is -1.42. The maximum absolute atomic E-state index is 13.6. The number of anilines is 1. The van der Waals surface area contributed by atoms with Crippen molar-refractivity contribution in [3.05, 3.63) is 63.6 Å². The normalized spacial score (nSPS) is 17.3. The summed E-state index contributed by atoms with van der Waals surface area (Å²) in [6, 6.07) is 10.1. The summed E-state index contributed by atoms with van der Waals surface area (Å²) < 4.78 is 27.5. The summed E-state index contributed by atoms with van der Waals surface area (Å²) in [5, 5.41) is 3.26. The first-order valence-electron chi connectivity index (χ1n) is 6.14. The number of nitrogens with one attached hydrogen (secondary N) is 1. The van der Waals surface area contributed by atoms with Crippen LogP contribution < -0.4 is 5.32 Å². The molecular weight excluding hydrogens is 312 g/mol. The zero-order chi connectivity index (χ0) is 13.4. The van der Waals surface area contributed by atoms with Crippen LogP contribution in [0.5, 0.6) is 0 Å². The minimum absolute atomic E-state index is 0.0475. The molecular formula is C15H12BrF2N. The van der Waals surface area contributed by atoms with E-state index >= 15 is 0 Å². The Bertz CT molecular complexity index is 628. The Kier molecular flexibility index (Phi) is 3.27. The summed E-state index contributed by atoms with van der Waals surface area (Å²) in [5.74, 6) is -0.453. The molecule has 0 bridgehead atoms. The molecule has 0 radical (unpaired) electrons. The Morgan fingerprint density at radius 3 is 2.74 bits per heavy atom. The number of fused-ring (bicyclic) bond motifs is 1. The van der Waals surface area contributed by atoms with E-state index in [1.807, 2.05) is 12.1 Å². The van der Waals surface area contributed by atoms with Crippen LogP contribution in [0.25, 0.3) is 0 Å². The fraction of sp³-hybridized carbons (Fsp3) is 0.200. The van der Waals surface area contributed by atoms with Crippen LogP contribution in [0.1, 0.15) is 23.6 Å².